The fraction of sp³-hybridized carbons (Fsp3) is 0.611. The minimum atomic E-state index is -0.0605. The Morgan fingerprint density at radius 3 is 2.17 bits per heavy atom. The van der Waals surface area contributed by atoms with Gasteiger partial charge >= 0.3 is 0 Å². The molecule has 23 heavy (non-hydrogen) atoms. The highest BCUT2D eigenvalue weighted by molar-refractivity contribution is 5.89. The Labute approximate surface area is 140 Å². The van der Waals surface area contributed by atoms with E-state index in [0.717, 1.165) is 37.3 Å². The van der Waals surface area contributed by atoms with E-state index in [1.165, 1.54) is 6.92 Å². The van der Waals surface area contributed by atoms with Crippen molar-refractivity contribution in [2.45, 2.75) is 45.8 Å². The third-order valence-corrected chi connectivity index (χ3v) is 3.95. The fourth-order valence-corrected chi connectivity index (χ4v) is 2.26. The van der Waals surface area contributed by atoms with Crippen LogP contribution in [0.4, 0.5) is 11.4 Å². The Balaban J connectivity index is 2.81. The highest BCUT2D eigenvalue weighted by Crippen LogP contribution is 2.21. The summed E-state index contributed by atoms with van der Waals surface area (Å²) in [6, 6.07) is 7.95. The van der Waals surface area contributed by atoms with Crippen LogP contribution in [0.5, 0.6) is 0 Å². The van der Waals surface area contributed by atoms with E-state index in [-0.39, 0.29) is 18.1 Å². The summed E-state index contributed by atoms with van der Waals surface area (Å²) >= 11 is 0. The first kappa shape index (κ1) is 19.5. The Morgan fingerprint density at radius 1 is 1.13 bits per heavy atom. The monoisotopic (exact) mass is 322 g/mol. The number of nitrogens with zero attached hydrogens (tertiary/aromatic N) is 1. The minimum Gasteiger partial charge on any atom is -0.382 e. The summed E-state index contributed by atoms with van der Waals surface area (Å²) in [7, 11) is 3.47. The number of nitrogens with one attached hydrogen (secondary N) is 1. The second kappa shape index (κ2) is 10.2. The smallest absolute Gasteiger partial charge is 0.221 e. The molecule has 0 radical (unpaired) electrons. The van der Waals surface area contributed by atoms with Crippen LogP contribution in [0.2, 0.25) is 0 Å². The topological polar surface area (TPSA) is 50.8 Å². The van der Waals surface area contributed by atoms with Gasteiger partial charge in [-0.1, -0.05) is 6.07 Å². The van der Waals surface area contributed by atoms with E-state index in [4.69, 9.17) is 9.47 Å². The van der Waals surface area contributed by atoms with Crippen molar-refractivity contribution in [3.05, 3.63) is 24.3 Å². The summed E-state index contributed by atoms with van der Waals surface area (Å²) < 4.78 is 10.7. The van der Waals surface area contributed by atoms with Gasteiger partial charge in [-0.2, -0.15) is 0 Å². The quantitative estimate of drug-likeness (QED) is 0.718. The Bertz CT molecular complexity index is 465. The summed E-state index contributed by atoms with van der Waals surface area (Å²) in [6.45, 7) is 7.46. The van der Waals surface area contributed by atoms with Gasteiger partial charge in [0, 0.05) is 45.6 Å². The predicted octanol–water partition coefficient (Wildman–Crippen LogP) is 3.30. The van der Waals surface area contributed by atoms with Crippen LogP contribution in [0, 0.1) is 0 Å². The summed E-state index contributed by atoms with van der Waals surface area (Å²) in [4.78, 5) is 13.6. The third-order valence-electron chi connectivity index (χ3n) is 3.95. The molecule has 5 nitrogen and oxygen atoms in total. The molecule has 0 fully saturated rings. The first-order chi connectivity index (χ1) is 11.0. The van der Waals surface area contributed by atoms with Crippen LogP contribution in [-0.2, 0) is 14.3 Å². The molecule has 0 spiro atoms. The van der Waals surface area contributed by atoms with Crippen molar-refractivity contribution in [1.29, 1.82) is 0 Å². The zero-order valence-electron chi connectivity index (χ0n) is 15.0. The molecule has 0 heterocycles. The van der Waals surface area contributed by atoms with Crippen LogP contribution in [-0.4, -0.2) is 45.4 Å². The maximum Gasteiger partial charge on any atom is 0.221 e. The summed E-state index contributed by atoms with van der Waals surface area (Å²) in [6.07, 6.45) is 2.33. The number of rotatable bonds is 10. The van der Waals surface area contributed by atoms with Gasteiger partial charge in [0.25, 0.3) is 0 Å². The Morgan fingerprint density at radius 2 is 1.70 bits per heavy atom. The number of amides is 1. The maximum atomic E-state index is 11.2. The standard InChI is InChI=1S/C18H30N2O3/c1-14(22-4)9-11-20(12-10-15(2)23-5)18-8-6-7-17(13-18)19-16(3)21/h6-8,13-15H,9-12H2,1-5H3,(H,19,21). The molecule has 1 amide bonds. The molecule has 0 aliphatic carbocycles. The van der Waals surface area contributed by atoms with E-state index in [2.05, 4.69) is 30.1 Å². The lowest BCUT2D eigenvalue weighted by molar-refractivity contribution is -0.114. The van der Waals surface area contributed by atoms with Crippen LogP contribution in [0.25, 0.3) is 0 Å². The van der Waals surface area contributed by atoms with Crippen LogP contribution in [0.1, 0.15) is 33.6 Å². The molecule has 130 valence electrons. The Kier molecular flexibility index (Phi) is 8.66. The molecule has 1 aromatic carbocycles. The average molecular weight is 322 g/mol. The van der Waals surface area contributed by atoms with Crippen molar-refractivity contribution in [3.63, 3.8) is 0 Å². The van der Waals surface area contributed by atoms with Crippen LogP contribution < -0.4 is 10.2 Å². The molecule has 0 saturated carbocycles. The SMILES string of the molecule is COC(C)CCN(CCC(C)OC)c1cccc(NC(C)=O)c1. The number of hydrogen-bond acceptors (Lipinski definition) is 4. The van der Waals surface area contributed by atoms with Crippen molar-refractivity contribution in [1.82, 2.24) is 0 Å². The van der Waals surface area contributed by atoms with Gasteiger partial charge in [0.05, 0.1) is 12.2 Å². The van der Waals surface area contributed by atoms with Crippen LogP contribution in [0.3, 0.4) is 0 Å². The number of ether oxygens (including phenoxy) is 2. The molecule has 1 rings (SSSR count). The van der Waals surface area contributed by atoms with Gasteiger partial charge in [-0.25, -0.2) is 0 Å². The second-order valence-electron chi connectivity index (χ2n) is 5.89. The van der Waals surface area contributed by atoms with Crippen molar-refractivity contribution in [3.8, 4) is 0 Å². The van der Waals surface area contributed by atoms with Gasteiger partial charge in [-0.3, -0.25) is 4.79 Å². The van der Waals surface area contributed by atoms with Gasteiger partial charge in [0.1, 0.15) is 0 Å². The maximum absolute atomic E-state index is 11.2. The lowest BCUT2D eigenvalue weighted by Gasteiger charge is -2.27. The first-order valence-corrected chi connectivity index (χ1v) is 8.14. The van der Waals surface area contributed by atoms with Crippen molar-refractivity contribution >= 4 is 17.3 Å². The van der Waals surface area contributed by atoms with Gasteiger partial charge in [0.2, 0.25) is 5.91 Å². The number of methoxy groups -OCH3 is 2. The van der Waals surface area contributed by atoms with E-state index >= 15 is 0 Å². The van der Waals surface area contributed by atoms with Gasteiger partial charge in [0.15, 0.2) is 0 Å². The van der Waals surface area contributed by atoms with Crippen molar-refractivity contribution in [2.75, 3.05) is 37.5 Å². The van der Waals surface area contributed by atoms with E-state index in [1.54, 1.807) is 14.2 Å². The predicted molar refractivity (Wildman–Crippen MR) is 95.1 cm³/mol. The third kappa shape index (κ3) is 7.48. The molecule has 1 N–H and O–H groups in total. The molecule has 0 aromatic heterocycles. The normalized spacial score (nSPS) is 13.4. The van der Waals surface area contributed by atoms with Crippen molar-refractivity contribution < 1.29 is 14.3 Å². The lowest BCUT2D eigenvalue weighted by Crippen LogP contribution is -2.30. The number of carbonyl (C=O) groups excluding carboxylic acids is 1. The van der Waals surface area contributed by atoms with E-state index < -0.39 is 0 Å². The molecule has 0 bridgehead atoms. The highest BCUT2D eigenvalue weighted by atomic mass is 16.5. The molecule has 0 aliphatic heterocycles. The summed E-state index contributed by atoms with van der Waals surface area (Å²) in [5, 5.41) is 2.84. The second-order valence-corrected chi connectivity index (χ2v) is 5.89. The number of carbonyl (C=O) groups is 1. The molecular formula is C18H30N2O3. The summed E-state index contributed by atoms with van der Waals surface area (Å²) in [5.41, 5.74) is 1.92. The largest absolute Gasteiger partial charge is 0.382 e. The van der Waals surface area contributed by atoms with Crippen LogP contribution >= 0.6 is 0 Å². The van der Waals surface area contributed by atoms with Gasteiger partial charge in [-0.05, 0) is 44.9 Å². The average Bonchev–Trinajstić information content (AvgIpc) is 2.53. The molecule has 1 aromatic rings. The molecule has 0 saturated heterocycles. The first-order valence-electron chi connectivity index (χ1n) is 8.14. The number of hydrogen-bond donors (Lipinski definition) is 1. The number of benzene rings is 1. The molecule has 2 unspecified atom stereocenters. The van der Waals surface area contributed by atoms with Gasteiger partial charge < -0.3 is 19.7 Å². The van der Waals surface area contributed by atoms with Crippen LogP contribution in [0.15, 0.2) is 24.3 Å². The number of anilines is 2. The molecule has 2 atom stereocenters. The molecular weight excluding hydrogens is 292 g/mol. The fourth-order valence-electron chi connectivity index (χ4n) is 2.26. The van der Waals surface area contributed by atoms with E-state index in [0.29, 0.717) is 0 Å². The highest BCUT2D eigenvalue weighted by Gasteiger charge is 2.11. The van der Waals surface area contributed by atoms with Gasteiger partial charge in [-0.15, -0.1) is 0 Å². The summed E-state index contributed by atoms with van der Waals surface area (Å²) in [5.74, 6) is -0.0605. The lowest BCUT2D eigenvalue weighted by atomic mass is 10.2. The van der Waals surface area contributed by atoms with Crippen molar-refractivity contribution in [2.24, 2.45) is 0 Å². The minimum absolute atomic E-state index is 0.0605. The Hall–Kier alpha value is -1.59. The zero-order valence-corrected chi connectivity index (χ0v) is 15.0. The van der Waals surface area contributed by atoms with E-state index in [9.17, 15) is 4.79 Å². The van der Waals surface area contributed by atoms with E-state index in [1.807, 2.05) is 18.2 Å². The zero-order chi connectivity index (χ0) is 17.2. The molecule has 5 heteroatoms. The molecule has 0 aliphatic rings.